The van der Waals surface area contributed by atoms with Gasteiger partial charge in [-0.1, -0.05) is 69.6 Å². The molecule has 0 aromatic heterocycles. The highest BCUT2D eigenvalue weighted by Crippen LogP contribution is 2.53. The Morgan fingerprint density at radius 3 is 1.92 bits per heavy atom. The lowest BCUT2D eigenvalue weighted by Crippen LogP contribution is -2.37. The Balaban J connectivity index is 3.21. The molecule has 0 aromatic carbocycles. The van der Waals surface area contributed by atoms with Gasteiger partial charge >= 0.3 is 0 Å². The van der Waals surface area contributed by atoms with E-state index in [0.717, 1.165) is 0 Å². The molecule has 12 heavy (non-hydrogen) atoms. The number of halogens is 6. The van der Waals surface area contributed by atoms with Gasteiger partial charge in [0.1, 0.15) is 0 Å². The number of hydrogen-bond acceptors (Lipinski definition) is 0. The molecule has 0 radical (unpaired) electrons. The van der Waals surface area contributed by atoms with Gasteiger partial charge in [-0.05, 0) is 12.2 Å². The second-order valence-corrected chi connectivity index (χ2v) is 5.69. The smallest absolute Gasteiger partial charge is 0.0931 e. The third kappa shape index (κ3) is 1.70. The minimum Gasteiger partial charge on any atom is -0.0931 e. The summed E-state index contributed by atoms with van der Waals surface area (Å²) in [6, 6.07) is 0. The number of hydrogen-bond donors (Lipinski definition) is 0. The molecule has 0 unspecified atom stereocenters. The van der Waals surface area contributed by atoms with Crippen LogP contribution < -0.4 is 0 Å². The summed E-state index contributed by atoms with van der Waals surface area (Å²) in [5.41, 5.74) is 0. The van der Waals surface area contributed by atoms with Crippen LogP contribution in [0.25, 0.3) is 0 Å². The summed E-state index contributed by atoms with van der Waals surface area (Å²) in [5, 5.41) is 0.263. The molecule has 1 aliphatic rings. The Bertz CT molecular complexity index is 261. The first-order valence-electron chi connectivity index (χ1n) is 2.79. The van der Waals surface area contributed by atoms with Gasteiger partial charge in [0.15, 0.2) is 8.67 Å². The highest BCUT2D eigenvalue weighted by Gasteiger charge is 2.50. The van der Waals surface area contributed by atoms with Crippen LogP contribution in [0.1, 0.15) is 0 Å². The van der Waals surface area contributed by atoms with Gasteiger partial charge < -0.3 is 0 Å². The van der Waals surface area contributed by atoms with E-state index in [-0.39, 0.29) is 10.1 Å². The molecule has 1 aliphatic carbocycles. The van der Waals surface area contributed by atoms with Gasteiger partial charge in [-0.3, -0.25) is 0 Å². The zero-order valence-corrected chi connectivity index (χ0v) is 9.96. The Hall–Kier alpha value is 1.22. The Morgan fingerprint density at radius 1 is 1.00 bits per heavy atom. The van der Waals surface area contributed by atoms with Crippen molar-refractivity contribution < 1.29 is 0 Å². The molecule has 1 rings (SSSR count). The van der Waals surface area contributed by atoms with Crippen LogP contribution in [0.4, 0.5) is 0 Å². The van der Waals surface area contributed by atoms with Crippen molar-refractivity contribution in [1.82, 2.24) is 0 Å². The molecular formula is C6H2Cl6. The molecule has 6 heteroatoms. The summed E-state index contributed by atoms with van der Waals surface area (Å²) in [6.07, 6.45) is 2.83. The lowest BCUT2D eigenvalue weighted by Gasteiger charge is -2.32. The fourth-order valence-corrected chi connectivity index (χ4v) is 1.91. The molecule has 0 amide bonds. The lowest BCUT2D eigenvalue weighted by atomic mass is 10.1. The third-order valence-corrected chi connectivity index (χ3v) is 4.62. The quantitative estimate of drug-likeness (QED) is 0.571. The van der Waals surface area contributed by atoms with Gasteiger partial charge in [0.25, 0.3) is 0 Å². The minimum absolute atomic E-state index is 0.0278. The molecule has 0 nitrogen and oxygen atoms in total. The first kappa shape index (κ1) is 11.3. The van der Waals surface area contributed by atoms with E-state index in [4.69, 9.17) is 69.6 Å². The highest BCUT2D eigenvalue weighted by molar-refractivity contribution is 6.68. The number of allylic oxidation sites excluding steroid dienone is 4. The van der Waals surface area contributed by atoms with Crippen LogP contribution in [-0.2, 0) is 0 Å². The Labute approximate surface area is 100.0 Å². The summed E-state index contributed by atoms with van der Waals surface area (Å²) in [6.45, 7) is 0. The van der Waals surface area contributed by atoms with E-state index in [1.54, 1.807) is 0 Å². The van der Waals surface area contributed by atoms with Crippen LogP contribution in [-0.4, -0.2) is 8.67 Å². The van der Waals surface area contributed by atoms with Gasteiger partial charge in [-0.2, -0.15) is 0 Å². The molecule has 0 bridgehead atoms. The zero-order valence-electron chi connectivity index (χ0n) is 5.42. The number of alkyl halides is 4. The molecule has 0 atom stereocenters. The average molecular weight is 287 g/mol. The van der Waals surface area contributed by atoms with Crippen molar-refractivity contribution in [2.24, 2.45) is 0 Å². The molecule has 0 aromatic rings. The van der Waals surface area contributed by atoms with Crippen LogP contribution in [0.2, 0.25) is 0 Å². The summed E-state index contributed by atoms with van der Waals surface area (Å²) in [5.74, 6) is 0. The SMILES string of the molecule is ClC1=C(Cl)C(Cl)(Cl)C(Cl)(Cl)C=C1. The molecule has 68 valence electrons. The molecule has 0 heterocycles. The van der Waals surface area contributed by atoms with E-state index in [1.807, 2.05) is 0 Å². The van der Waals surface area contributed by atoms with Crippen molar-refractivity contribution in [3.8, 4) is 0 Å². The standard InChI is InChI=1S/C6H2Cl6/c7-3-1-2-5(9,10)6(11,12)4(3)8/h1-2H. The maximum Gasteiger partial charge on any atom is 0.191 e. The molecule has 0 saturated carbocycles. The van der Waals surface area contributed by atoms with E-state index in [1.165, 1.54) is 12.2 Å². The van der Waals surface area contributed by atoms with Crippen LogP contribution >= 0.6 is 69.6 Å². The van der Waals surface area contributed by atoms with E-state index >= 15 is 0 Å². The molecule has 0 aliphatic heterocycles. The predicted molar refractivity (Wildman–Crippen MR) is 56.7 cm³/mol. The fourth-order valence-electron chi connectivity index (χ4n) is 0.652. The van der Waals surface area contributed by atoms with Crippen molar-refractivity contribution in [1.29, 1.82) is 0 Å². The Morgan fingerprint density at radius 2 is 1.50 bits per heavy atom. The molecule has 0 spiro atoms. The van der Waals surface area contributed by atoms with Crippen molar-refractivity contribution in [2.75, 3.05) is 0 Å². The first-order chi connectivity index (χ1) is 5.29. The molecule has 0 saturated heterocycles. The second-order valence-electron chi connectivity index (χ2n) is 2.19. The average Bonchev–Trinajstić information content (AvgIpc) is 1.96. The third-order valence-electron chi connectivity index (χ3n) is 1.34. The molecule has 0 N–H and O–H groups in total. The first-order valence-corrected chi connectivity index (χ1v) is 5.06. The maximum atomic E-state index is 5.79. The van der Waals surface area contributed by atoms with Crippen molar-refractivity contribution in [3.63, 3.8) is 0 Å². The van der Waals surface area contributed by atoms with Crippen LogP contribution in [0, 0.1) is 0 Å². The highest BCUT2D eigenvalue weighted by atomic mass is 35.5. The van der Waals surface area contributed by atoms with E-state index in [0.29, 0.717) is 0 Å². The predicted octanol–water partition coefficient (Wildman–Crippen LogP) is 4.59. The Kier molecular flexibility index (Phi) is 3.22. The van der Waals surface area contributed by atoms with Crippen molar-refractivity contribution in [2.45, 2.75) is 8.67 Å². The molecular weight excluding hydrogens is 285 g/mol. The van der Waals surface area contributed by atoms with E-state index in [2.05, 4.69) is 0 Å². The molecule has 0 fully saturated rings. The lowest BCUT2D eigenvalue weighted by molar-refractivity contribution is 0.877. The van der Waals surface area contributed by atoms with E-state index in [9.17, 15) is 0 Å². The van der Waals surface area contributed by atoms with Crippen molar-refractivity contribution >= 4 is 69.6 Å². The fraction of sp³-hybridized carbons (Fsp3) is 0.333. The topological polar surface area (TPSA) is 0 Å². The normalized spacial score (nSPS) is 26.2. The van der Waals surface area contributed by atoms with Gasteiger partial charge in [-0.15, -0.1) is 0 Å². The second kappa shape index (κ2) is 3.42. The van der Waals surface area contributed by atoms with Crippen LogP contribution in [0.15, 0.2) is 22.2 Å². The summed E-state index contributed by atoms with van der Waals surface area (Å²) in [4.78, 5) is 0. The zero-order chi connectivity index (χ0) is 9.57. The maximum absolute atomic E-state index is 5.79. The van der Waals surface area contributed by atoms with Gasteiger partial charge in [0, 0.05) is 0 Å². The van der Waals surface area contributed by atoms with Crippen LogP contribution in [0.5, 0.6) is 0 Å². The monoisotopic (exact) mass is 284 g/mol. The van der Waals surface area contributed by atoms with Crippen LogP contribution in [0.3, 0.4) is 0 Å². The van der Waals surface area contributed by atoms with Gasteiger partial charge in [0.05, 0.1) is 10.1 Å². The largest absolute Gasteiger partial charge is 0.191 e. The van der Waals surface area contributed by atoms with Gasteiger partial charge in [0.2, 0.25) is 0 Å². The number of rotatable bonds is 0. The summed E-state index contributed by atoms with van der Waals surface area (Å²) >= 11 is 34.5. The van der Waals surface area contributed by atoms with Gasteiger partial charge in [-0.25, -0.2) is 0 Å². The summed E-state index contributed by atoms with van der Waals surface area (Å²) in [7, 11) is 0. The minimum atomic E-state index is -1.59. The van der Waals surface area contributed by atoms with Crippen molar-refractivity contribution in [3.05, 3.63) is 22.2 Å². The van der Waals surface area contributed by atoms with E-state index < -0.39 is 8.67 Å². The summed E-state index contributed by atoms with van der Waals surface area (Å²) < 4.78 is -3.05.